The van der Waals surface area contributed by atoms with Crippen LogP contribution in [0.1, 0.15) is 22.7 Å². The van der Waals surface area contributed by atoms with E-state index in [1.54, 1.807) is 12.3 Å². The maximum Gasteiger partial charge on any atom is 0.128 e. The average Bonchev–Trinajstić information content (AvgIpc) is 2.50. The lowest BCUT2D eigenvalue weighted by atomic mass is 9.95. The minimum Gasteiger partial charge on any atom is -0.309 e. The van der Waals surface area contributed by atoms with Gasteiger partial charge in [-0.15, -0.1) is 0 Å². The summed E-state index contributed by atoms with van der Waals surface area (Å²) < 4.78 is 14.3. The lowest BCUT2D eigenvalue weighted by molar-refractivity contribution is 0.576. The average molecular weight is 280 g/mol. The summed E-state index contributed by atoms with van der Waals surface area (Å²) in [6.07, 6.45) is 1.77. The molecule has 1 N–H and O–H groups in total. The Morgan fingerprint density at radius 1 is 1.05 bits per heavy atom. The molecule has 3 rings (SSSR count). The lowest BCUT2D eigenvalue weighted by Gasteiger charge is -2.19. The van der Waals surface area contributed by atoms with Gasteiger partial charge in [-0.05, 0) is 37.2 Å². The number of nitrogens with zero attached hydrogens (tertiary/aromatic N) is 1. The Kier molecular flexibility index (Phi) is 3.67. The Hall–Kier alpha value is -2.26. The SMILES string of the molecule is CNC(c1ccc(C)cc1F)c1cccc2cccnc12. The van der Waals surface area contributed by atoms with Gasteiger partial charge in [-0.25, -0.2) is 4.39 Å². The topological polar surface area (TPSA) is 24.9 Å². The molecule has 0 aliphatic heterocycles. The van der Waals surface area contributed by atoms with Crippen LogP contribution in [0.3, 0.4) is 0 Å². The number of aryl methyl sites for hydroxylation is 1. The Morgan fingerprint density at radius 3 is 2.62 bits per heavy atom. The van der Waals surface area contributed by atoms with Crippen LogP contribution in [-0.4, -0.2) is 12.0 Å². The number of nitrogens with one attached hydrogen (secondary N) is 1. The third-order valence-electron chi connectivity index (χ3n) is 3.73. The number of rotatable bonds is 3. The first kappa shape index (κ1) is 13.7. The highest BCUT2D eigenvalue weighted by Gasteiger charge is 2.18. The molecule has 2 nitrogen and oxygen atoms in total. The van der Waals surface area contributed by atoms with E-state index in [2.05, 4.69) is 10.3 Å². The van der Waals surface area contributed by atoms with Crippen LogP contribution in [0, 0.1) is 12.7 Å². The quantitative estimate of drug-likeness (QED) is 0.784. The molecule has 21 heavy (non-hydrogen) atoms. The van der Waals surface area contributed by atoms with Gasteiger partial charge in [-0.2, -0.15) is 0 Å². The van der Waals surface area contributed by atoms with Crippen molar-refractivity contribution in [1.82, 2.24) is 10.3 Å². The summed E-state index contributed by atoms with van der Waals surface area (Å²) in [5, 5.41) is 4.27. The zero-order valence-electron chi connectivity index (χ0n) is 12.1. The summed E-state index contributed by atoms with van der Waals surface area (Å²) >= 11 is 0. The van der Waals surface area contributed by atoms with Gasteiger partial charge in [-0.1, -0.05) is 36.4 Å². The molecule has 0 aliphatic carbocycles. The number of hydrogen-bond acceptors (Lipinski definition) is 2. The third-order valence-corrected chi connectivity index (χ3v) is 3.73. The molecule has 0 bridgehead atoms. The monoisotopic (exact) mass is 280 g/mol. The molecule has 2 aromatic carbocycles. The minimum atomic E-state index is -0.218. The summed E-state index contributed by atoms with van der Waals surface area (Å²) in [5.41, 5.74) is 3.45. The van der Waals surface area contributed by atoms with Gasteiger partial charge in [0.25, 0.3) is 0 Å². The molecule has 1 aromatic heterocycles. The van der Waals surface area contributed by atoms with E-state index in [1.165, 1.54) is 0 Å². The van der Waals surface area contributed by atoms with Crippen LogP contribution in [0.4, 0.5) is 4.39 Å². The van der Waals surface area contributed by atoms with Gasteiger partial charge in [0.15, 0.2) is 0 Å². The molecule has 1 unspecified atom stereocenters. The number of hydrogen-bond donors (Lipinski definition) is 1. The van der Waals surface area contributed by atoms with Crippen LogP contribution in [0.2, 0.25) is 0 Å². The van der Waals surface area contributed by atoms with Crippen molar-refractivity contribution in [2.24, 2.45) is 0 Å². The molecule has 0 fully saturated rings. The molecule has 0 amide bonds. The summed E-state index contributed by atoms with van der Waals surface area (Å²) in [6.45, 7) is 1.89. The zero-order chi connectivity index (χ0) is 14.8. The smallest absolute Gasteiger partial charge is 0.128 e. The standard InChI is InChI=1S/C18H17FN2/c1-12-8-9-14(16(19)11-12)18(20-2)15-7-3-5-13-6-4-10-21-17(13)15/h3-11,18,20H,1-2H3. The number of fused-ring (bicyclic) bond motifs is 1. The number of pyridine rings is 1. The second-order valence-corrected chi connectivity index (χ2v) is 5.17. The summed E-state index contributed by atoms with van der Waals surface area (Å²) in [6, 6.07) is 15.0. The van der Waals surface area contributed by atoms with Crippen LogP contribution >= 0.6 is 0 Å². The van der Waals surface area contributed by atoms with E-state index in [4.69, 9.17) is 0 Å². The first-order valence-electron chi connectivity index (χ1n) is 6.97. The predicted molar refractivity (Wildman–Crippen MR) is 83.8 cm³/mol. The van der Waals surface area contributed by atoms with Crippen molar-refractivity contribution in [2.75, 3.05) is 7.05 Å². The molecular weight excluding hydrogens is 263 g/mol. The van der Waals surface area contributed by atoms with Crippen molar-refractivity contribution in [1.29, 1.82) is 0 Å². The molecule has 1 heterocycles. The number of aromatic nitrogens is 1. The highest BCUT2D eigenvalue weighted by atomic mass is 19.1. The zero-order valence-corrected chi connectivity index (χ0v) is 12.1. The Morgan fingerprint density at radius 2 is 1.86 bits per heavy atom. The van der Waals surface area contributed by atoms with Crippen LogP contribution < -0.4 is 5.32 Å². The van der Waals surface area contributed by atoms with E-state index in [-0.39, 0.29) is 11.9 Å². The lowest BCUT2D eigenvalue weighted by Crippen LogP contribution is -2.19. The molecule has 3 aromatic rings. The van der Waals surface area contributed by atoms with Crippen LogP contribution in [0.25, 0.3) is 10.9 Å². The highest BCUT2D eigenvalue weighted by Crippen LogP contribution is 2.29. The Labute approximate surface area is 123 Å². The van der Waals surface area contributed by atoms with Gasteiger partial charge in [0, 0.05) is 17.1 Å². The summed E-state index contributed by atoms with van der Waals surface area (Å²) in [5.74, 6) is -0.192. The van der Waals surface area contributed by atoms with Crippen LogP contribution in [0.15, 0.2) is 54.7 Å². The van der Waals surface area contributed by atoms with Crippen molar-refractivity contribution in [3.05, 3.63) is 77.2 Å². The predicted octanol–water partition coefficient (Wildman–Crippen LogP) is 3.99. The van der Waals surface area contributed by atoms with Crippen molar-refractivity contribution < 1.29 is 4.39 Å². The van der Waals surface area contributed by atoms with E-state index < -0.39 is 0 Å². The second-order valence-electron chi connectivity index (χ2n) is 5.17. The number of halogens is 1. The molecule has 1 atom stereocenters. The van der Waals surface area contributed by atoms with Crippen LogP contribution in [-0.2, 0) is 0 Å². The van der Waals surface area contributed by atoms with Crippen molar-refractivity contribution in [3.8, 4) is 0 Å². The van der Waals surface area contributed by atoms with Gasteiger partial charge in [-0.3, -0.25) is 4.98 Å². The molecule has 0 aliphatic rings. The van der Waals surface area contributed by atoms with Crippen molar-refractivity contribution in [2.45, 2.75) is 13.0 Å². The molecular formula is C18H17FN2. The fourth-order valence-corrected chi connectivity index (χ4v) is 2.71. The van der Waals surface area contributed by atoms with Gasteiger partial charge >= 0.3 is 0 Å². The maximum atomic E-state index is 14.3. The van der Waals surface area contributed by atoms with Crippen molar-refractivity contribution >= 4 is 10.9 Å². The first-order valence-corrected chi connectivity index (χ1v) is 6.97. The van der Waals surface area contributed by atoms with Crippen molar-refractivity contribution in [3.63, 3.8) is 0 Å². The van der Waals surface area contributed by atoms with E-state index >= 15 is 0 Å². The van der Waals surface area contributed by atoms with Gasteiger partial charge in [0.1, 0.15) is 5.82 Å². The molecule has 106 valence electrons. The molecule has 0 radical (unpaired) electrons. The van der Waals surface area contributed by atoms with Crippen LogP contribution in [0.5, 0.6) is 0 Å². The number of para-hydroxylation sites is 1. The van der Waals surface area contributed by atoms with Gasteiger partial charge in [0.05, 0.1) is 11.6 Å². The normalized spacial score (nSPS) is 12.5. The van der Waals surface area contributed by atoms with Gasteiger partial charge in [0.2, 0.25) is 0 Å². The summed E-state index contributed by atoms with van der Waals surface area (Å²) in [7, 11) is 1.84. The Balaban J connectivity index is 2.18. The van der Waals surface area contributed by atoms with E-state index in [9.17, 15) is 4.39 Å². The first-order chi connectivity index (χ1) is 10.2. The fourth-order valence-electron chi connectivity index (χ4n) is 2.71. The molecule has 0 spiro atoms. The fraction of sp³-hybridized carbons (Fsp3) is 0.167. The molecule has 0 saturated heterocycles. The Bertz CT molecular complexity index is 778. The highest BCUT2D eigenvalue weighted by molar-refractivity contribution is 5.82. The molecule has 0 saturated carbocycles. The molecule has 3 heteroatoms. The van der Waals surface area contributed by atoms with E-state index in [0.717, 1.165) is 22.0 Å². The van der Waals surface area contributed by atoms with Gasteiger partial charge < -0.3 is 5.32 Å². The maximum absolute atomic E-state index is 14.3. The third kappa shape index (κ3) is 2.52. The van der Waals surface area contributed by atoms with E-state index in [1.807, 2.05) is 56.4 Å². The van der Waals surface area contributed by atoms with E-state index in [0.29, 0.717) is 5.56 Å². The minimum absolute atomic E-state index is 0.192. The largest absolute Gasteiger partial charge is 0.309 e. The second kappa shape index (κ2) is 5.62. The summed E-state index contributed by atoms with van der Waals surface area (Å²) in [4.78, 5) is 4.46. The number of benzene rings is 2.